The average Bonchev–Trinajstić information content (AvgIpc) is 2.76. The van der Waals surface area contributed by atoms with Crippen LogP contribution in [0.15, 0.2) is 24.3 Å². The molecule has 1 aromatic carbocycles. The summed E-state index contributed by atoms with van der Waals surface area (Å²) in [5, 5.41) is 0.105. The zero-order chi connectivity index (χ0) is 14.9. The lowest BCUT2D eigenvalue weighted by molar-refractivity contribution is 0.0607. The van der Waals surface area contributed by atoms with Crippen LogP contribution in [0.4, 0.5) is 5.69 Å². The van der Waals surface area contributed by atoms with E-state index in [1.165, 1.54) is 18.4 Å². The van der Waals surface area contributed by atoms with Gasteiger partial charge >= 0.3 is 5.97 Å². The minimum absolute atomic E-state index is 0.262. The Morgan fingerprint density at radius 2 is 1.95 bits per heavy atom. The van der Waals surface area contributed by atoms with Gasteiger partial charge in [-0.1, -0.05) is 18.2 Å². The van der Waals surface area contributed by atoms with Crippen molar-refractivity contribution in [3.8, 4) is 0 Å². The van der Waals surface area contributed by atoms with Gasteiger partial charge in [-0.05, 0) is 19.9 Å². The molecule has 1 heterocycles. The molecule has 2 aromatic rings. The van der Waals surface area contributed by atoms with Gasteiger partial charge in [0.05, 0.1) is 18.0 Å². The molecule has 0 bridgehead atoms. The van der Waals surface area contributed by atoms with Crippen LogP contribution in [-0.2, 0) is 14.8 Å². The van der Waals surface area contributed by atoms with Crippen LogP contribution in [-0.4, -0.2) is 26.7 Å². The van der Waals surface area contributed by atoms with Crippen LogP contribution in [0.25, 0.3) is 10.1 Å². The average molecular weight is 313 g/mol. The monoisotopic (exact) mass is 313 g/mol. The molecule has 2 rings (SSSR count). The summed E-state index contributed by atoms with van der Waals surface area (Å²) in [5.41, 5.74) is 0.297. The minimum atomic E-state index is -3.53. The van der Waals surface area contributed by atoms with Crippen molar-refractivity contribution in [2.45, 2.75) is 19.1 Å². The fourth-order valence-corrected chi connectivity index (χ4v) is 3.52. The molecule has 0 aliphatic heterocycles. The number of nitrogens with one attached hydrogen (secondary N) is 1. The van der Waals surface area contributed by atoms with E-state index in [4.69, 9.17) is 4.74 Å². The highest BCUT2D eigenvalue weighted by Crippen LogP contribution is 2.37. The topological polar surface area (TPSA) is 72.5 Å². The Balaban J connectivity index is 2.63. The Hall–Kier alpha value is -1.60. The number of thiophene rings is 1. The Bertz CT molecular complexity index is 747. The lowest BCUT2D eigenvalue weighted by Crippen LogP contribution is -2.23. The summed E-state index contributed by atoms with van der Waals surface area (Å²) in [4.78, 5) is 12.1. The van der Waals surface area contributed by atoms with E-state index in [1.807, 2.05) is 12.1 Å². The molecular weight excluding hydrogens is 298 g/mol. The van der Waals surface area contributed by atoms with Gasteiger partial charge in [0.2, 0.25) is 10.0 Å². The van der Waals surface area contributed by atoms with E-state index in [2.05, 4.69) is 4.72 Å². The number of fused-ring (bicyclic) bond motifs is 1. The second-order valence-corrected chi connectivity index (χ2v) is 7.78. The second-order valence-electron chi connectivity index (χ2n) is 4.49. The lowest BCUT2D eigenvalue weighted by Gasteiger charge is -2.11. The van der Waals surface area contributed by atoms with Gasteiger partial charge in [-0.25, -0.2) is 13.2 Å². The number of rotatable bonds is 4. The zero-order valence-corrected chi connectivity index (χ0v) is 13.0. The molecular formula is C13H15NO4S2. The van der Waals surface area contributed by atoms with Gasteiger partial charge in [-0.15, -0.1) is 11.3 Å². The highest BCUT2D eigenvalue weighted by Gasteiger charge is 2.24. The Morgan fingerprint density at radius 1 is 1.30 bits per heavy atom. The van der Waals surface area contributed by atoms with Crippen molar-refractivity contribution >= 4 is 43.1 Å². The summed E-state index contributed by atoms with van der Waals surface area (Å²) < 4.78 is 32.1. The van der Waals surface area contributed by atoms with E-state index in [-0.39, 0.29) is 4.88 Å². The molecule has 0 fully saturated rings. The van der Waals surface area contributed by atoms with Crippen LogP contribution >= 0.6 is 11.3 Å². The second kappa shape index (κ2) is 5.41. The maximum atomic E-state index is 12.0. The van der Waals surface area contributed by atoms with Crippen LogP contribution in [0, 0.1) is 0 Å². The van der Waals surface area contributed by atoms with E-state index in [0.717, 1.165) is 4.70 Å². The number of carbonyl (C=O) groups is 1. The molecule has 1 aromatic heterocycles. The number of anilines is 1. The maximum Gasteiger partial charge on any atom is 0.350 e. The lowest BCUT2D eigenvalue weighted by atomic mass is 10.2. The van der Waals surface area contributed by atoms with Crippen molar-refractivity contribution in [3.63, 3.8) is 0 Å². The first-order valence-corrected chi connectivity index (χ1v) is 8.34. The molecule has 0 amide bonds. The smallest absolute Gasteiger partial charge is 0.350 e. The highest BCUT2D eigenvalue weighted by molar-refractivity contribution is 7.93. The Labute approximate surface area is 121 Å². The first-order valence-electron chi connectivity index (χ1n) is 5.98. The van der Waals surface area contributed by atoms with Gasteiger partial charge in [0.15, 0.2) is 0 Å². The molecule has 5 nitrogen and oxygen atoms in total. The fraction of sp³-hybridized carbons (Fsp3) is 0.308. The first-order chi connectivity index (χ1) is 9.36. The van der Waals surface area contributed by atoms with Crippen molar-refractivity contribution in [1.29, 1.82) is 0 Å². The van der Waals surface area contributed by atoms with Crippen LogP contribution in [0.2, 0.25) is 0 Å². The van der Waals surface area contributed by atoms with Crippen LogP contribution < -0.4 is 4.72 Å². The number of benzene rings is 1. The van der Waals surface area contributed by atoms with Gasteiger partial charge in [0, 0.05) is 10.1 Å². The quantitative estimate of drug-likeness (QED) is 0.881. The van der Waals surface area contributed by atoms with E-state index in [1.54, 1.807) is 26.0 Å². The summed E-state index contributed by atoms with van der Waals surface area (Å²) >= 11 is 1.21. The summed E-state index contributed by atoms with van der Waals surface area (Å²) in [5.74, 6) is -0.548. The summed E-state index contributed by atoms with van der Waals surface area (Å²) in [6.07, 6.45) is 0. The van der Waals surface area contributed by atoms with Gasteiger partial charge in [0.1, 0.15) is 4.88 Å². The summed E-state index contributed by atoms with van der Waals surface area (Å²) in [7, 11) is -2.26. The standard InChI is InChI=1S/C13H15NO4S2/c1-8(2)20(16,17)14-11-9-6-4-5-7-10(9)19-12(11)13(15)18-3/h4-8,14H,1-3H3. The molecule has 0 radical (unpaired) electrons. The molecule has 0 atom stereocenters. The molecule has 0 unspecified atom stereocenters. The number of hydrogen-bond acceptors (Lipinski definition) is 5. The number of methoxy groups -OCH3 is 1. The van der Waals surface area contributed by atoms with Crippen LogP contribution in [0.3, 0.4) is 0 Å². The molecule has 0 saturated carbocycles. The van der Waals surface area contributed by atoms with Crippen LogP contribution in [0.5, 0.6) is 0 Å². The third-order valence-electron chi connectivity index (χ3n) is 2.83. The molecule has 1 N–H and O–H groups in total. The fourth-order valence-electron chi connectivity index (χ4n) is 1.64. The van der Waals surface area contributed by atoms with E-state index < -0.39 is 21.2 Å². The van der Waals surface area contributed by atoms with Crippen molar-refractivity contribution < 1.29 is 17.9 Å². The molecule has 0 aliphatic carbocycles. The van der Waals surface area contributed by atoms with E-state index in [9.17, 15) is 13.2 Å². The third-order valence-corrected chi connectivity index (χ3v) is 5.71. The Kier molecular flexibility index (Phi) is 4.01. The van der Waals surface area contributed by atoms with Crippen molar-refractivity contribution in [1.82, 2.24) is 0 Å². The largest absolute Gasteiger partial charge is 0.465 e. The predicted octanol–water partition coefficient (Wildman–Crippen LogP) is 2.84. The summed E-state index contributed by atoms with van der Waals surface area (Å²) in [6, 6.07) is 7.24. The highest BCUT2D eigenvalue weighted by atomic mass is 32.2. The molecule has 7 heteroatoms. The molecule has 20 heavy (non-hydrogen) atoms. The number of ether oxygens (including phenoxy) is 1. The third kappa shape index (κ3) is 2.64. The molecule has 0 saturated heterocycles. The SMILES string of the molecule is COC(=O)c1sc2ccccc2c1NS(=O)(=O)C(C)C. The zero-order valence-electron chi connectivity index (χ0n) is 11.3. The van der Waals surface area contributed by atoms with Crippen molar-refractivity contribution in [3.05, 3.63) is 29.1 Å². The van der Waals surface area contributed by atoms with Crippen LogP contribution in [0.1, 0.15) is 23.5 Å². The van der Waals surface area contributed by atoms with Gasteiger partial charge in [0.25, 0.3) is 0 Å². The molecule has 108 valence electrons. The number of sulfonamides is 1. The number of carbonyl (C=O) groups excluding carboxylic acids is 1. The van der Waals surface area contributed by atoms with Gasteiger partial charge < -0.3 is 4.74 Å². The Morgan fingerprint density at radius 3 is 2.55 bits per heavy atom. The van der Waals surface area contributed by atoms with E-state index in [0.29, 0.717) is 11.1 Å². The summed E-state index contributed by atoms with van der Waals surface area (Å²) in [6.45, 7) is 3.16. The van der Waals surface area contributed by atoms with Gasteiger partial charge in [-0.3, -0.25) is 4.72 Å². The van der Waals surface area contributed by atoms with Crippen molar-refractivity contribution in [2.75, 3.05) is 11.8 Å². The normalized spacial score (nSPS) is 11.8. The molecule has 0 spiro atoms. The van der Waals surface area contributed by atoms with E-state index >= 15 is 0 Å². The molecule has 0 aliphatic rings. The van der Waals surface area contributed by atoms with Gasteiger partial charge in [-0.2, -0.15) is 0 Å². The predicted molar refractivity (Wildman–Crippen MR) is 80.8 cm³/mol. The number of esters is 1. The minimum Gasteiger partial charge on any atom is -0.465 e. The van der Waals surface area contributed by atoms with Crippen molar-refractivity contribution in [2.24, 2.45) is 0 Å². The first kappa shape index (κ1) is 14.8. The maximum absolute atomic E-state index is 12.0. The number of hydrogen-bond donors (Lipinski definition) is 1.